The maximum absolute atomic E-state index is 14.3. The van der Waals surface area contributed by atoms with Gasteiger partial charge in [0, 0.05) is 30.3 Å². The van der Waals surface area contributed by atoms with Crippen molar-refractivity contribution in [1.29, 1.82) is 0 Å². The van der Waals surface area contributed by atoms with Crippen LogP contribution in [0.4, 0.5) is 0 Å². The first-order chi connectivity index (χ1) is 21.7. The molecule has 0 spiro atoms. The van der Waals surface area contributed by atoms with Gasteiger partial charge >= 0.3 is 5.97 Å². The number of carbonyl (C=O) groups excluding carboxylic acids is 1. The minimum Gasteiger partial charge on any atom is -0.496 e. The van der Waals surface area contributed by atoms with E-state index in [2.05, 4.69) is 0 Å². The predicted molar refractivity (Wildman–Crippen MR) is 173 cm³/mol. The molecule has 9 nitrogen and oxygen atoms in total. The Labute approximate surface area is 262 Å². The van der Waals surface area contributed by atoms with Crippen LogP contribution < -0.4 is 19.6 Å². The molecule has 0 bridgehead atoms. The van der Waals surface area contributed by atoms with Crippen molar-refractivity contribution in [3.63, 3.8) is 0 Å². The van der Waals surface area contributed by atoms with Crippen molar-refractivity contribution >= 4 is 40.1 Å². The fraction of sp³-hybridized carbons (Fsp3) is 0.200. The quantitative estimate of drug-likeness (QED) is 0.254. The number of carbonyl (C=O) groups is 2. The number of aromatic carboxylic acids is 1. The van der Waals surface area contributed by atoms with Gasteiger partial charge in [0.05, 0.1) is 28.5 Å². The fourth-order valence-corrected chi connectivity index (χ4v) is 6.83. The summed E-state index contributed by atoms with van der Waals surface area (Å²) in [6, 6.07) is 20.8. The largest absolute Gasteiger partial charge is 0.496 e. The van der Waals surface area contributed by atoms with E-state index in [9.17, 15) is 19.5 Å². The van der Waals surface area contributed by atoms with Gasteiger partial charge in [-0.2, -0.15) is 0 Å². The Morgan fingerprint density at radius 2 is 1.84 bits per heavy atom. The zero-order valence-electron chi connectivity index (χ0n) is 25.2. The van der Waals surface area contributed by atoms with Crippen molar-refractivity contribution < 1.29 is 23.8 Å². The van der Waals surface area contributed by atoms with E-state index < -0.39 is 12.0 Å². The van der Waals surface area contributed by atoms with E-state index in [1.807, 2.05) is 57.2 Å². The van der Waals surface area contributed by atoms with Crippen molar-refractivity contribution in [3.8, 4) is 17.1 Å². The smallest absolute Gasteiger partial charge is 0.335 e. The number of fused-ring (bicyclic) bond motifs is 2. The van der Waals surface area contributed by atoms with Crippen LogP contribution in [-0.4, -0.2) is 46.6 Å². The summed E-state index contributed by atoms with van der Waals surface area (Å²) in [5.74, 6) is 0.238. The molecule has 5 aromatic rings. The van der Waals surface area contributed by atoms with Crippen molar-refractivity contribution in [2.24, 2.45) is 4.99 Å². The van der Waals surface area contributed by atoms with Crippen molar-refractivity contribution in [3.05, 3.63) is 121 Å². The van der Waals surface area contributed by atoms with Crippen LogP contribution in [0, 0.1) is 0 Å². The Hall–Kier alpha value is -5.22. The number of methoxy groups -OCH3 is 1. The van der Waals surface area contributed by atoms with Gasteiger partial charge < -0.3 is 19.2 Å². The molecule has 45 heavy (non-hydrogen) atoms. The highest BCUT2D eigenvalue weighted by molar-refractivity contribution is 7.07. The standard InChI is InChI=1S/C35H31N3O6S/c1-5-37(6-2)33(40)29-20(3)36-35-38(31(29)30-25-13-8-7-10-21(25)14-16-27(30)43-4)32(39)28(45-35)19-24-15-17-26(44-24)22-11-9-12-23(18-22)34(41)42/h7-19,31H,5-6H2,1-4H3,(H,41,42)/b28-19+/t31-/m1/s1. The van der Waals surface area contributed by atoms with Crippen LogP contribution in [0.15, 0.2) is 98.3 Å². The SMILES string of the molecule is CCN(CC)C(=O)C1=C(C)N=c2s/c(=C/c3ccc(-c4cccc(C(=O)O)c4)o3)c(=O)n2[C@H]1c1c(OC)ccc2ccccc12. The Bertz CT molecular complexity index is 2180. The van der Waals surface area contributed by atoms with Crippen LogP contribution in [0.3, 0.4) is 0 Å². The number of thiazole rings is 1. The van der Waals surface area contributed by atoms with Crippen LogP contribution >= 0.6 is 11.3 Å². The van der Waals surface area contributed by atoms with Crippen molar-refractivity contribution in [2.75, 3.05) is 20.2 Å². The van der Waals surface area contributed by atoms with Gasteiger partial charge in [-0.3, -0.25) is 14.2 Å². The molecule has 1 amide bonds. The van der Waals surface area contributed by atoms with Gasteiger partial charge in [-0.15, -0.1) is 0 Å². The molecule has 10 heteroatoms. The van der Waals surface area contributed by atoms with Gasteiger partial charge in [0.1, 0.15) is 23.3 Å². The van der Waals surface area contributed by atoms with Crippen LogP contribution in [0.25, 0.3) is 28.2 Å². The molecule has 2 aromatic heterocycles. The van der Waals surface area contributed by atoms with Gasteiger partial charge in [-0.1, -0.05) is 53.8 Å². The second kappa shape index (κ2) is 12.0. The monoisotopic (exact) mass is 621 g/mol. The topological polar surface area (TPSA) is 114 Å². The Balaban J connectivity index is 1.56. The lowest BCUT2D eigenvalue weighted by Crippen LogP contribution is -2.43. The number of rotatable bonds is 8. The molecule has 1 aliphatic rings. The number of furan rings is 1. The average Bonchev–Trinajstić information content (AvgIpc) is 3.64. The van der Waals surface area contributed by atoms with Crippen LogP contribution in [0.1, 0.15) is 48.5 Å². The summed E-state index contributed by atoms with van der Waals surface area (Å²) in [5.41, 5.74) is 2.11. The first kappa shape index (κ1) is 29.8. The van der Waals surface area contributed by atoms with Gasteiger partial charge in [-0.25, -0.2) is 9.79 Å². The third kappa shape index (κ3) is 5.27. The van der Waals surface area contributed by atoms with Gasteiger partial charge in [-0.05, 0) is 61.9 Å². The number of nitrogens with zero attached hydrogens (tertiary/aromatic N) is 3. The second-order valence-corrected chi connectivity index (χ2v) is 11.6. The number of hydrogen-bond acceptors (Lipinski definition) is 7. The molecule has 3 heterocycles. The number of benzene rings is 3. The van der Waals surface area contributed by atoms with Crippen LogP contribution in [0.2, 0.25) is 0 Å². The summed E-state index contributed by atoms with van der Waals surface area (Å²) < 4.78 is 13.9. The molecule has 1 atom stereocenters. The highest BCUT2D eigenvalue weighted by Gasteiger charge is 2.36. The number of aromatic nitrogens is 1. The molecule has 3 aromatic carbocycles. The summed E-state index contributed by atoms with van der Waals surface area (Å²) in [7, 11) is 1.58. The molecular formula is C35H31N3O6S. The first-order valence-corrected chi connectivity index (χ1v) is 15.4. The molecule has 0 aliphatic carbocycles. The predicted octanol–water partition coefficient (Wildman–Crippen LogP) is 5.22. The molecule has 228 valence electrons. The molecule has 0 unspecified atom stereocenters. The van der Waals surface area contributed by atoms with E-state index in [1.54, 1.807) is 46.9 Å². The minimum atomic E-state index is -1.03. The molecular weight excluding hydrogens is 590 g/mol. The number of carboxylic acids is 1. The Kier molecular flexibility index (Phi) is 7.99. The van der Waals surface area contributed by atoms with Crippen LogP contribution in [-0.2, 0) is 4.79 Å². The lowest BCUT2D eigenvalue weighted by Gasteiger charge is -2.30. The summed E-state index contributed by atoms with van der Waals surface area (Å²) >= 11 is 1.21. The number of amides is 1. The lowest BCUT2D eigenvalue weighted by atomic mass is 9.90. The third-order valence-corrected chi connectivity index (χ3v) is 9.00. The number of ether oxygens (including phenoxy) is 1. The molecule has 0 fully saturated rings. The summed E-state index contributed by atoms with van der Waals surface area (Å²) in [5, 5.41) is 11.2. The van der Waals surface area contributed by atoms with Gasteiger partial charge in [0.2, 0.25) is 0 Å². The van der Waals surface area contributed by atoms with Crippen molar-refractivity contribution in [2.45, 2.75) is 26.8 Å². The normalized spacial score (nSPS) is 14.8. The zero-order valence-corrected chi connectivity index (χ0v) is 26.1. The second-order valence-electron chi connectivity index (χ2n) is 10.5. The highest BCUT2D eigenvalue weighted by atomic mass is 32.1. The first-order valence-electron chi connectivity index (χ1n) is 14.6. The summed E-state index contributed by atoms with van der Waals surface area (Å²) in [6.45, 7) is 6.67. The Morgan fingerprint density at radius 1 is 1.07 bits per heavy atom. The molecule has 0 saturated carbocycles. The van der Waals surface area contributed by atoms with Gasteiger partial charge in [0.15, 0.2) is 4.80 Å². The van der Waals surface area contributed by atoms with E-state index in [0.717, 1.165) is 10.8 Å². The van der Waals surface area contributed by atoms with E-state index in [4.69, 9.17) is 14.1 Å². The van der Waals surface area contributed by atoms with E-state index in [-0.39, 0.29) is 17.0 Å². The number of hydrogen-bond donors (Lipinski definition) is 1. The van der Waals surface area contributed by atoms with Crippen LogP contribution in [0.5, 0.6) is 5.75 Å². The average molecular weight is 622 g/mol. The van der Waals surface area contributed by atoms with Crippen molar-refractivity contribution in [1.82, 2.24) is 9.47 Å². The molecule has 0 saturated heterocycles. The molecule has 0 radical (unpaired) electrons. The molecule has 1 N–H and O–H groups in total. The fourth-order valence-electron chi connectivity index (χ4n) is 5.81. The summed E-state index contributed by atoms with van der Waals surface area (Å²) in [4.78, 5) is 46.8. The Morgan fingerprint density at radius 3 is 2.58 bits per heavy atom. The number of likely N-dealkylation sites (N-methyl/N-ethyl adjacent to an activating group) is 1. The summed E-state index contributed by atoms with van der Waals surface area (Å²) in [6.07, 6.45) is 1.65. The maximum Gasteiger partial charge on any atom is 0.335 e. The van der Waals surface area contributed by atoms with E-state index in [1.165, 1.54) is 23.5 Å². The lowest BCUT2D eigenvalue weighted by molar-refractivity contribution is -0.127. The molecule has 1 aliphatic heterocycles. The van der Waals surface area contributed by atoms with E-state index >= 15 is 0 Å². The third-order valence-electron chi connectivity index (χ3n) is 8.02. The highest BCUT2D eigenvalue weighted by Crippen LogP contribution is 2.40. The minimum absolute atomic E-state index is 0.146. The number of carboxylic acid groups (broad SMARTS) is 1. The van der Waals surface area contributed by atoms with E-state index in [0.29, 0.717) is 62.1 Å². The maximum atomic E-state index is 14.3. The zero-order chi connectivity index (χ0) is 31.8. The number of allylic oxidation sites excluding steroid dienone is 1. The molecule has 6 rings (SSSR count). The van der Waals surface area contributed by atoms with Gasteiger partial charge in [0.25, 0.3) is 11.5 Å².